The van der Waals surface area contributed by atoms with Crippen LogP contribution in [0.1, 0.15) is 59.3 Å². The normalized spacial score (nSPS) is 19.6. The van der Waals surface area contributed by atoms with Crippen LogP contribution in [0.15, 0.2) is 0 Å². The van der Waals surface area contributed by atoms with Crippen LogP contribution in [0.2, 0.25) is 0 Å². The first-order valence-corrected chi connectivity index (χ1v) is 12.6. The molecule has 0 fully saturated rings. The Labute approximate surface area is 187 Å². The highest BCUT2D eigenvalue weighted by Gasteiger charge is 2.45. The zero-order chi connectivity index (χ0) is 20.4. The molecule has 3 atom stereocenters. The molecule has 0 spiro atoms. The minimum Gasteiger partial charge on any atom is -0.267 e. The molecule has 0 saturated carbocycles. The fourth-order valence-electron chi connectivity index (χ4n) is 2.02. The summed E-state index contributed by atoms with van der Waals surface area (Å²) in [6.45, 7) is 5.68. The molecule has 0 aliphatic rings. The highest BCUT2D eigenvalue weighted by Crippen LogP contribution is 2.59. The van der Waals surface area contributed by atoms with Crippen LogP contribution >= 0.6 is 77.4 Å². The fraction of sp³-hybridized carbons (Fsp3) is 1.00. The first-order chi connectivity index (χ1) is 12.0. The second-order valence-electron chi connectivity index (χ2n) is 5.80. The first-order valence-electron chi connectivity index (χ1n) is 8.46. The predicted molar refractivity (Wildman–Crippen MR) is 113 cm³/mol. The third-order valence-electron chi connectivity index (χ3n) is 3.81. The van der Waals surface area contributed by atoms with Crippen molar-refractivity contribution in [1.82, 2.24) is 0 Å². The zero-order valence-corrected chi connectivity index (χ0v) is 20.6. The third kappa shape index (κ3) is 10.6. The lowest BCUT2D eigenvalue weighted by molar-refractivity contribution is 0.0332. The number of phosphoric acid groups is 1. The molecule has 0 aliphatic heterocycles. The van der Waals surface area contributed by atoms with Crippen molar-refractivity contribution in [2.45, 2.75) is 80.4 Å². The Morgan fingerprint density at radius 2 is 1.31 bits per heavy atom. The van der Waals surface area contributed by atoms with Crippen LogP contribution in [0.5, 0.6) is 0 Å². The maximum atomic E-state index is 13.2. The average Bonchev–Trinajstić information content (AvgIpc) is 2.54. The standard InChI is InChI=1S/C15H27Cl6O4P/c1-4-14(20,5-2)11-15(21,6-3)25-26(22,23-12(18)7-9-16)24-13(19)8-10-17/h12-13H,4-11H2,1-3H3. The first kappa shape index (κ1) is 27.8. The van der Waals surface area contributed by atoms with E-state index in [1.807, 2.05) is 13.8 Å². The van der Waals surface area contributed by atoms with Gasteiger partial charge in [0.15, 0.2) is 5.06 Å². The molecule has 26 heavy (non-hydrogen) atoms. The molecule has 0 aromatic carbocycles. The van der Waals surface area contributed by atoms with Gasteiger partial charge in [0.2, 0.25) is 0 Å². The fourth-order valence-corrected chi connectivity index (χ4v) is 5.74. The third-order valence-corrected chi connectivity index (χ3v) is 7.96. The monoisotopic (exact) mass is 512 g/mol. The van der Waals surface area contributed by atoms with Crippen molar-refractivity contribution >= 4 is 77.4 Å². The molecule has 4 nitrogen and oxygen atoms in total. The Hall–Kier alpha value is 1.85. The second-order valence-corrected chi connectivity index (χ2v) is 10.5. The van der Waals surface area contributed by atoms with E-state index in [9.17, 15) is 4.57 Å². The van der Waals surface area contributed by atoms with Gasteiger partial charge in [-0.2, -0.15) is 0 Å². The number of hydrogen-bond acceptors (Lipinski definition) is 4. The van der Waals surface area contributed by atoms with Gasteiger partial charge in [-0.25, -0.2) is 4.57 Å². The molecule has 0 aliphatic carbocycles. The lowest BCUT2D eigenvalue weighted by Crippen LogP contribution is -2.35. The number of phosphoric ester groups is 1. The highest BCUT2D eigenvalue weighted by atomic mass is 35.5. The van der Waals surface area contributed by atoms with E-state index in [1.165, 1.54) is 0 Å². The summed E-state index contributed by atoms with van der Waals surface area (Å²) in [5.74, 6) is 0.410. The SMILES string of the molecule is CCC(Cl)(CC)CC(Cl)(CC)OP(=O)(OC(Cl)CCCl)OC(Cl)CCCl. The summed E-state index contributed by atoms with van der Waals surface area (Å²) >= 11 is 36.5. The summed E-state index contributed by atoms with van der Waals surface area (Å²) in [6.07, 6.45) is 2.31. The molecule has 0 aromatic rings. The maximum absolute atomic E-state index is 13.2. The van der Waals surface area contributed by atoms with Crippen LogP contribution in [0.3, 0.4) is 0 Å². The van der Waals surface area contributed by atoms with Gasteiger partial charge in [0.25, 0.3) is 0 Å². The number of hydrogen-bond donors (Lipinski definition) is 0. The topological polar surface area (TPSA) is 44.8 Å². The van der Waals surface area contributed by atoms with Gasteiger partial charge in [-0.05, 0) is 19.3 Å². The summed E-state index contributed by atoms with van der Waals surface area (Å²) in [7, 11) is -4.21. The molecule has 0 aromatic heterocycles. The smallest absolute Gasteiger partial charge is 0.267 e. The van der Waals surface area contributed by atoms with Crippen molar-refractivity contribution in [1.29, 1.82) is 0 Å². The van der Waals surface area contributed by atoms with Gasteiger partial charge < -0.3 is 0 Å². The van der Waals surface area contributed by atoms with Crippen LogP contribution in [0, 0.1) is 0 Å². The Morgan fingerprint density at radius 1 is 0.885 bits per heavy atom. The van der Waals surface area contributed by atoms with Gasteiger partial charge in [-0.15, -0.1) is 34.8 Å². The molecule has 0 heterocycles. The maximum Gasteiger partial charge on any atom is 0.479 e. The molecule has 0 bridgehead atoms. The van der Waals surface area contributed by atoms with E-state index in [0.717, 1.165) is 0 Å². The van der Waals surface area contributed by atoms with E-state index in [-0.39, 0.29) is 31.0 Å². The number of alkyl halides is 6. The highest BCUT2D eigenvalue weighted by molar-refractivity contribution is 7.48. The summed E-state index contributed by atoms with van der Waals surface area (Å²) in [6, 6.07) is 0. The summed E-state index contributed by atoms with van der Waals surface area (Å²) < 4.78 is 29.4. The molecule has 158 valence electrons. The van der Waals surface area contributed by atoms with Crippen molar-refractivity contribution in [3.8, 4) is 0 Å². The van der Waals surface area contributed by atoms with Crippen LogP contribution in [0.4, 0.5) is 0 Å². The Balaban J connectivity index is 5.47. The number of halogens is 6. The van der Waals surface area contributed by atoms with Gasteiger partial charge in [0, 0.05) is 35.9 Å². The Kier molecular flexibility index (Phi) is 14.2. The van der Waals surface area contributed by atoms with Crippen molar-refractivity contribution in [3.05, 3.63) is 0 Å². The van der Waals surface area contributed by atoms with Crippen LogP contribution < -0.4 is 0 Å². The predicted octanol–water partition coefficient (Wildman–Crippen LogP) is 8.06. The summed E-state index contributed by atoms with van der Waals surface area (Å²) in [5.41, 5.74) is -1.98. The Morgan fingerprint density at radius 3 is 1.62 bits per heavy atom. The molecule has 0 amide bonds. The van der Waals surface area contributed by atoms with E-state index in [2.05, 4.69) is 0 Å². The van der Waals surface area contributed by atoms with Gasteiger partial charge in [0.05, 0.1) is 0 Å². The molecule has 3 unspecified atom stereocenters. The molecular weight excluding hydrogens is 488 g/mol. The van der Waals surface area contributed by atoms with Crippen molar-refractivity contribution in [2.75, 3.05) is 11.8 Å². The Bertz CT molecular complexity index is 422. The van der Waals surface area contributed by atoms with Gasteiger partial charge >= 0.3 is 7.82 Å². The van der Waals surface area contributed by atoms with E-state index in [1.54, 1.807) is 6.92 Å². The summed E-state index contributed by atoms with van der Waals surface area (Å²) in [4.78, 5) is -0.615. The molecule has 0 N–H and O–H groups in total. The van der Waals surface area contributed by atoms with E-state index in [4.69, 9.17) is 83.2 Å². The average molecular weight is 515 g/mol. The molecular formula is C15H27Cl6O4P. The molecule has 0 rings (SSSR count). The minimum atomic E-state index is -4.21. The van der Waals surface area contributed by atoms with Gasteiger partial charge in [-0.1, -0.05) is 55.6 Å². The largest absolute Gasteiger partial charge is 0.479 e. The van der Waals surface area contributed by atoms with Crippen molar-refractivity contribution in [3.63, 3.8) is 0 Å². The van der Waals surface area contributed by atoms with Crippen molar-refractivity contribution in [2.24, 2.45) is 0 Å². The quantitative estimate of drug-likeness (QED) is 0.164. The van der Waals surface area contributed by atoms with Gasteiger partial charge in [-0.3, -0.25) is 13.6 Å². The van der Waals surface area contributed by atoms with E-state index < -0.39 is 28.9 Å². The minimum absolute atomic E-state index is 0.205. The lowest BCUT2D eigenvalue weighted by Gasteiger charge is -2.36. The van der Waals surface area contributed by atoms with Crippen LogP contribution in [-0.4, -0.2) is 32.8 Å². The lowest BCUT2D eigenvalue weighted by atomic mass is 9.93. The molecule has 0 radical (unpaired) electrons. The summed E-state index contributed by atoms with van der Waals surface area (Å²) in [5, 5.41) is -1.38. The van der Waals surface area contributed by atoms with E-state index in [0.29, 0.717) is 19.3 Å². The van der Waals surface area contributed by atoms with Crippen molar-refractivity contribution < 1.29 is 18.1 Å². The van der Waals surface area contributed by atoms with Crippen LogP contribution in [0.25, 0.3) is 0 Å². The molecule has 0 saturated heterocycles. The van der Waals surface area contributed by atoms with Crippen LogP contribution in [-0.2, 0) is 18.1 Å². The molecule has 11 heteroatoms. The van der Waals surface area contributed by atoms with E-state index >= 15 is 0 Å². The number of rotatable bonds is 15. The zero-order valence-electron chi connectivity index (χ0n) is 15.2. The van der Waals surface area contributed by atoms with Gasteiger partial charge in [0.1, 0.15) is 11.1 Å². The second kappa shape index (κ2) is 13.2.